The first kappa shape index (κ1) is 22.2. The summed E-state index contributed by atoms with van der Waals surface area (Å²) in [7, 11) is -3.74. The molecule has 0 aromatic heterocycles. The molecular weight excluding hydrogens is 432 g/mol. The Kier molecular flexibility index (Phi) is 6.41. The van der Waals surface area contributed by atoms with Gasteiger partial charge in [0.2, 0.25) is 0 Å². The topological polar surface area (TPSA) is 130 Å². The monoisotopic (exact) mass is 450 g/mol. The molecule has 0 saturated heterocycles. The van der Waals surface area contributed by atoms with Crippen molar-refractivity contribution < 1.29 is 27.6 Å². The van der Waals surface area contributed by atoms with Crippen LogP contribution in [-0.2, 0) is 24.3 Å². The third-order valence-electron chi connectivity index (χ3n) is 5.07. The molecule has 3 rings (SSSR count). The number of Topliss-reactive ketones (excluding diaryl/α,β-unsaturated/α-hetero) is 3. The lowest BCUT2D eigenvalue weighted by molar-refractivity contribution is -0.133. The van der Waals surface area contributed by atoms with Crippen LogP contribution in [0.1, 0.15) is 48.5 Å². The van der Waals surface area contributed by atoms with Crippen molar-refractivity contribution in [3.05, 3.63) is 34.4 Å². The molecule has 1 fully saturated rings. The number of nitrogens with one attached hydrogen (secondary N) is 1. The highest BCUT2D eigenvalue weighted by Gasteiger charge is 2.38. The van der Waals surface area contributed by atoms with Crippen molar-refractivity contribution in [3.8, 4) is 6.07 Å². The van der Waals surface area contributed by atoms with Gasteiger partial charge < -0.3 is 0 Å². The Bertz CT molecular complexity index is 1090. The van der Waals surface area contributed by atoms with Crippen molar-refractivity contribution >= 4 is 44.5 Å². The Balaban J connectivity index is 2.15. The van der Waals surface area contributed by atoms with E-state index in [4.69, 9.17) is 21.7 Å². The molecule has 1 N–H and O–H groups in total. The van der Waals surface area contributed by atoms with Gasteiger partial charge in [0.25, 0.3) is 0 Å². The second kappa shape index (κ2) is 8.68. The Labute approximate surface area is 178 Å². The summed E-state index contributed by atoms with van der Waals surface area (Å²) in [5.74, 6) is -3.31. The SMILES string of the molecule is CCS(=O)(=O)c1ccc(C(=O)C2C(=O)CCCC2=O)c(Cl)c1C1=CC(CC#N)ON1. The summed E-state index contributed by atoms with van der Waals surface area (Å²) in [6.45, 7) is 1.47. The van der Waals surface area contributed by atoms with E-state index in [-0.39, 0.29) is 51.8 Å². The zero-order chi connectivity index (χ0) is 22.1. The first-order valence-electron chi connectivity index (χ1n) is 9.37. The Morgan fingerprint density at radius 1 is 1.30 bits per heavy atom. The summed E-state index contributed by atoms with van der Waals surface area (Å²) in [6, 6.07) is 4.42. The van der Waals surface area contributed by atoms with Crippen LogP contribution >= 0.6 is 11.6 Å². The third kappa shape index (κ3) is 4.03. The number of nitrogens with zero attached hydrogens (tertiary/aromatic N) is 1. The quantitative estimate of drug-likeness (QED) is 0.516. The van der Waals surface area contributed by atoms with E-state index >= 15 is 0 Å². The molecule has 1 heterocycles. The number of sulfone groups is 1. The summed E-state index contributed by atoms with van der Waals surface area (Å²) < 4.78 is 25.2. The van der Waals surface area contributed by atoms with Gasteiger partial charge in [-0.3, -0.25) is 24.7 Å². The number of hydrogen-bond donors (Lipinski definition) is 1. The first-order chi connectivity index (χ1) is 14.2. The molecule has 0 amide bonds. The molecule has 30 heavy (non-hydrogen) atoms. The van der Waals surface area contributed by atoms with Gasteiger partial charge in [0.05, 0.1) is 33.9 Å². The highest BCUT2D eigenvalue weighted by molar-refractivity contribution is 7.91. The van der Waals surface area contributed by atoms with Crippen LogP contribution in [0.15, 0.2) is 23.1 Å². The average Bonchev–Trinajstić information content (AvgIpc) is 3.15. The zero-order valence-corrected chi connectivity index (χ0v) is 17.7. The minimum Gasteiger partial charge on any atom is -0.298 e. The lowest BCUT2D eigenvalue weighted by atomic mass is 9.81. The van der Waals surface area contributed by atoms with Gasteiger partial charge in [0, 0.05) is 24.0 Å². The minimum atomic E-state index is -3.74. The largest absolute Gasteiger partial charge is 0.298 e. The molecule has 8 nitrogen and oxygen atoms in total. The summed E-state index contributed by atoms with van der Waals surface area (Å²) in [5.41, 5.74) is 2.67. The molecule has 1 aromatic carbocycles. The maximum absolute atomic E-state index is 13.0. The number of carbonyl (C=O) groups is 3. The molecule has 1 aliphatic heterocycles. The molecule has 0 spiro atoms. The number of nitriles is 1. The maximum atomic E-state index is 13.0. The van der Waals surface area contributed by atoms with Crippen molar-refractivity contribution in [2.45, 2.75) is 43.6 Å². The van der Waals surface area contributed by atoms with Gasteiger partial charge in [-0.05, 0) is 24.6 Å². The van der Waals surface area contributed by atoms with Crippen LogP contribution < -0.4 is 5.48 Å². The molecule has 1 aromatic rings. The predicted molar refractivity (Wildman–Crippen MR) is 107 cm³/mol. The molecule has 1 atom stereocenters. The molecule has 0 radical (unpaired) electrons. The van der Waals surface area contributed by atoms with Gasteiger partial charge in [-0.15, -0.1) is 0 Å². The van der Waals surface area contributed by atoms with Crippen LogP contribution in [0, 0.1) is 17.2 Å². The molecular formula is C20H19ClN2O6S. The van der Waals surface area contributed by atoms with E-state index in [9.17, 15) is 22.8 Å². The average molecular weight is 451 g/mol. The second-order valence-corrected chi connectivity index (χ2v) is 9.61. The van der Waals surface area contributed by atoms with E-state index in [0.29, 0.717) is 6.42 Å². The molecule has 1 aliphatic carbocycles. The summed E-state index contributed by atoms with van der Waals surface area (Å²) >= 11 is 6.48. The maximum Gasteiger partial charge on any atom is 0.182 e. The number of carbonyl (C=O) groups excluding carboxylic acids is 3. The van der Waals surface area contributed by atoms with Crippen molar-refractivity contribution in [1.82, 2.24) is 5.48 Å². The second-order valence-electron chi connectivity index (χ2n) is 6.99. The van der Waals surface area contributed by atoms with Crippen LogP contribution in [0.2, 0.25) is 5.02 Å². The van der Waals surface area contributed by atoms with Crippen molar-refractivity contribution in [1.29, 1.82) is 5.26 Å². The smallest absolute Gasteiger partial charge is 0.182 e. The lowest BCUT2D eigenvalue weighted by Crippen LogP contribution is -2.35. The highest BCUT2D eigenvalue weighted by atomic mass is 35.5. The van der Waals surface area contributed by atoms with Crippen LogP contribution in [0.5, 0.6) is 0 Å². The fourth-order valence-electron chi connectivity index (χ4n) is 3.49. The van der Waals surface area contributed by atoms with Gasteiger partial charge in [-0.25, -0.2) is 8.42 Å². The van der Waals surface area contributed by atoms with Crippen LogP contribution in [0.4, 0.5) is 0 Å². The van der Waals surface area contributed by atoms with E-state index in [0.717, 1.165) is 0 Å². The van der Waals surface area contributed by atoms with Crippen LogP contribution in [-0.4, -0.2) is 37.6 Å². The van der Waals surface area contributed by atoms with Gasteiger partial charge >= 0.3 is 0 Å². The lowest BCUT2D eigenvalue weighted by Gasteiger charge is -2.20. The molecule has 1 saturated carbocycles. The fourth-order valence-corrected chi connectivity index (χ4v) is 5.01. The molecule has 1 unspecified atom stereocenters. The Morgan fingerprint density at radius 2 is 1.97 bits per heavy atom. The molecule has 158 valence electrons. The van der Waals surface area contributed by atoms with Crippen molar-refractivity contribution in [3.63, 3.8) is 0 Å². The number of rotatable bonds is 6. The summed E-state index contributed by atoms with van der Waals surface area (Å²) in [6.07, 6.45) is 1.57. The predicted octanol–water partition coefficient (Wildman–Crippen LogP) is 2.41. The normalized spacial score (nSPS) is 19.9. The van der Waals surface area contributed by atoms with E-state index in [1.54, 1.807) is 0 Å². The zero-order valence-electron chi connectivity index (χ0n) is 16.1. The molecule has 10 heteroatoms. The van der Waals surface area contributed by atoms with E-state index < -0.39 is 39.2 Å². The number of benzene rings is 1. The summed E-state index contributed by atoms with van der Waals surface area (Å²) in [5, 5.41) is 8.66. The fraction of sp³-hybridized carbons (Fsp3) is 0.400. The number of hydrogen-bond acceptors (Lipinski definition) is 8. The van der Waals surface area contributed by atoms with Crippen LogP contribution in [0.25, 0.3) is 5.70 Å². The van der Waals surface area contributed by atoms with Crippen molar-refractivity contribution in [2.24, 2.45) is 5.92 Å². The number of ketones is 3. The van der Waals surface area contributed by atoms with Crippen molar-refractivity contribution in [2.75, 3.05) is 5.75 Å². The minimum absolute atomic E-state index is 0.0144. The van der Waals surface area contributed by atoms with Crippen LogP contribution in [0.3, 0.4) is 0 Å². The Morgan fingerprint density at radius 3 is 2.57 bits per heavy atom. The van der Waals surface area contributed by atoms with E-state index in [2.05, 4.69) is 5.48 Å². The summed E-state index contributed by atoms with van der Waals surface area (Å²) in [4.78, 5) is 42.6. The highest BCUT2D eigenvalue weighted by Crippen LogP contribution is 2.37. The number of hydroxylamine groups is 1. The van der Waals surface area contributed by atoms with Gasteiger partial charge in [-0.2, -0.15) is 5.26 Å². The van der Waals surface area contributed by atoms with Gasteiger partial charge in [0.15, 0.2) is 27.2 Å². The third-order valence-corrected chi connectivity index (χ3v) is 7.23. The molecule has 2 aliphatic rings. The van der Waals surface area contributed by atoms with Gasteiger partial charge in [0.1, 0.15) is 12.0 Å². The first-order valence-corrected chi connectivity index (χ1v) is 11.4. The standard InChI is InChI=1S/C20H19ClN2O6S/c1-2-30(27,28)16-7-6-12(20(26)18-14(24)4-3-5-15(18)25)19(21)17(16)13-10-11(8-9-22)29-23-13/h6-7,10-11,18,23H,2-5,8H2,1H3. The van der Waals surface area contributed by atoms with E-state index in [1.165, 1.54) is 25.1 Å². The Hall–Kier alpha value is -2.54. The van der Waals surface area contributed by atoms with Gasteiger partial charge in [-0.1, -0.05) is 18.5 Å². The molecule has 0 bridgehead atoms. The van der Waals surface area contributed by atoms with E-state index in [1.807, 2.05) is 6.07 Å². The number of halogens is 1.